The summed E-state index contributed by atoms with van der Waals surface area (Å²) >= 11 is 0. The molecule has 1 fully saturated rings. The molecule has 1 aliphatic rings. The van der Waals surface area contributed by atoms with Crippen molar-refractivity contribution in [2.24, 2.45) is 0 Å². The molecule has 0 bridgehead atoms. The van der Waals surface area contributed by atoms with Gasteiger partial charge in [0.05, 0.1) is 5.39 Å². The molecule has 0 unspecified atom stereocenters. The molecule has 0 radical (unpaired) electrons. The lowest BCUT2D eigenvalue weighted by atomic mass is 9.90. The Morgan fingerprint density at radius 1 is 1.14 bits per heavy atom. The van der Waals surface area contributed by atoms with Gasteiger partial charge in [0, 0.05) is 44.4 Å². The van der Waals surface area contributed by atoms with Gasteiger partial charge in [-0.3, -0.25) is 9.59 Å². The van der Waals surface area contributed by atoms with E-state index >= 15 is 0 Å². The Morgan fingerprint density at radius 2 is 1.83 bits per heavy atom. The molecule has 1 aromatic heterocycles. The van der Waals surface area contributed by atoms with Gasteiger partial charge in [0.25, 0.3) is 0 Å². The summed E-state index contributed by atoms with van der Waals surface area (Å²) in [6, 6.07) is 1.85. The summed E-state index contributed by atoms with van der Waals surface area (Å²) in [7, 11) is 3.08. The van der Waals surface area contributed by atoms with Crippen LogP contribution in [0.3, 0.4) is 0 Å². The number of carbonyl (C=O) groups excluding carboxylic acids is 1. The number of hydrogen-bond acceptors (Lipinski definition) is 6. The monoisotopic (exact) mass is 403 g/mol. The molecule has 29 heavy (non-hydrogen) atoms. The fraction of sp³-hybridized carbons (Fsp3) is 0.545. The van der Waals surface area contributed by atoms with Crippen molar-refractivity contribution in [3.8, 4) is 5.75 Å². The lowest BCUT2D eigenvalue weighted by Crippen LogP contribution is -2.40. The molecule has 1 saturated heterocycles. The molecule has 7 nitrogen and oxygen atoms in total. The van der Waals surface area contributed by atoms with Crippen LogP contribution in [0.1, 0.15) is 41.2 Å². The summed E-state index contributed by atoms with van der Waals surface area (Å²) in [6.07, 6.45) is 1.51. The van der Waals surface area contributed by atoms with Gasteiger partial charge in [-0.05, 0) is 45.2 Å². The number of aryl methyl sites for hydroxylation is 2. The van der Waals surface area contributed by atoms with Gasteiger partial charge in [0.1, 0.15) is 23.7 Å². The number of benzene rings is 1. The molecule has 1 amide bonds. The standard InChI is InChI=1S/C22H29NO6/c1-13-10-17(28-12-27-5)14(2)22-19(13)20(25)15(3)21(29-22)16-6-8-23(9-7-16)18(24)11-26-4/h10,16H,6-9,11-12H2,1-5H3. The minimum Gasteiger partial charge on any atom is -0.467 e. The number of amides is 1. The van der Waals surface area contributed by atoms with E-state index in [-0.39, 0.29) is 30.7 Å². The number of ether oxygens (including phenoxy) is 3. The van der Waals surface area contributed by atoms with Gasteiger partial charge < -0.3 is 23.5 Å². The van der Waals surface area contributed by atoms with Crippen LogP contribution in [0.25, 0.3) is 11.0 Å². The molecule has 0 aliphatic carbocycles. The molecule has 3 rings (SSSR count). The van der Waals surface area contributed by atoms with Gasteiger partial charge in [-0.2, -0.15) is 0 Å². The van der Waals surface area contributed by atoms with E-state index in [0.29, 0.717) is 41.1 Å². The highest BCUT2D eigenvalue weighted by molar-refractivity contribution is 5.86. The first-order valence-corrected chi connectivity index (χ1v) is 9.85. The highest BCUT2D eigenvalue weighted by Gasteiger charge is 2.28. The minimum absolute atomic E-state index is 0.00182. The molecule has 0 spiro atoms. The number of methoxy groups -OCH3 is 2. The fourth-order valence-corrected chi connectivity index (χ4v) is 4.02. The quantitative estimate of drug-likeness (QED) is 0.690. The number of rotatable bonds is 6. The second kappa shape index (κ2) is 8.97. The van der Waals surface area contributed by atoms with Crippen molar-refractivity contribution < 1.29 is 23.4 Å². The van der Waals surface area contributed by atoms with Crippen LogP contribution >= 0.6 is 0 Å². The second-order valence-electron chi connectivity index (χ2n) is 7.58. The number of fused-ring (bicyclic) bond motifs is 1. The Hall–Kier alpha value is -2.38. The van der Waals surface area contributed by atoms with Crippen molar-refractivity contribution in [3.63, 3.8) is 0 Å². The minimum atomic E-state index is -0.00552. The predicted octanol–water partition coefficient (Wildman–Crippen LogP) is 3.05. The Kier molecular flexibility index (Phi) is 6.59. The molecule has 158 valence electrons. The van der Waals surface area contributed by atoms with Crippen molar-refractivity contribution in [1.29, 1.82) is 0 Å². The first-order valence-electron chi connectivity index (χ1n) is 9.85. The molecular weight excluding hydrogens is 374 g/mol. The Labute approximate surface area is 170 Å². The number of carbonyl (C=O) groups is 1. The molecule has 0 atom stereocenters. The van der Waals surface area contributed by atoms with E-state index in [2.05, 4.69) is 0 Å². The topological polar surface area (TPSA) is 78.2 Å². The molecule has 2 heterocycles. The smallest absolute Gasteiger partial charge is 0.248 e. The van der Waals surface area contributed by atoms with Crippen molar-refractivity contribution in [3.05, 3.63) is 38.7 Å². The van der Waals surface area contributed by atoms with Gasteiger partial charge in [0.15, 0.2) is 12.2 Å². The summed E-state index contributed by atoms with van der Waals surface area (Å²) < 4.78 is 21.9. The first kappa shape index (κ1) is 21.3. The molecule has 2 aromatic rings. The van der Waals surface area contributed by atoms with Gasteiger partial charge in [-0.1, -0.05) is 0 Å². The molecule has 0 N–H and O–H groups in total. The van der Waals surface area contributed by atoms with E-state index in [4.69, 9.17) is 18.6 Å². The van der Waals surface area contributed by atoms with Gasteiger partial charge >= 0.3 is 0 Å². The Morgan fingerprint density at radius 3 is 2.45 bits per heavy atom. The largest absolute Gasteiger partial charge is 0.467 e. The maximum atomic E-state index is 13.1. The van der Waals surface area contributed by atoms with E-state index in [1.54, 1.807) is 12.0 Å². The third-order valence-electron chi connectivity index (χ3n) is 5.65. The highest BCUT2D eigenvalue weighted by Crippen LogP contribution is 2.35. The van der Waals surface area contributed by atoms with E-state index in [1.807, 2.05) is 26.8 Å². The Balaban J connectivity index is 1.97. The van der Waals surface area contributed by atoms with Crippen LogP contribution in [-0.2, 0) is 14.3 Å². The van der Waals surface area contributed by atoms with Crippen LogP contribution in [0.15, 0.2) is 15.3 Å². The zero-order valence-electron chi connectivity index (χ0n) is 17.8. The summed E-state index contributed by atoms with van der Waals surface area (Å²) in [5.74, 6) is 1.46. The van der Waals surface area contributed by atoms with Crippen molar-refractivity contribution >= 4 is 16.9 Å². The van der Waals surface area contributed by atoms with E-state index in [1.165, 1.54) is 7.11 Å². The van der Waals surface area contributed by atoms with Crippen molar-refractivity contribution in [1.82, 2.24) is 4.90 Å². The van der Waals surface area contributed by atoms with Crippen LogP contribution in [0.4, 0.5) is 0 Å². The number of hydrogen-bond donors (Lipinski definition) is 0. The molecule has 1 aromatic carbocycles. The normalized spacial score (nSPS) is 15.1. The number of likely N-dealkylation sites (tertiary alicyclic amines) is 1. The van der Waals surface area contributed by atoms with Crippen LogP contribution in [-0.4, -0.2) is 51.5 Å². The highest BCUT2D eigenvalue weighted by atomic mass is 16.7. The molecule has 7 heteroatoms. The summed E-state index contributed by atoms with van der Waals surface area (Å²) in [6.45, 7) is 7.08. The first-order chi connectivity index (χ1) is 13.9. The number of piperidine rings is 1. The van der Waals surface area contributed by atoms with E-state index in [0.717, 1.165) is 24.0 Å². The van der Waals surface area contributed by atoms with Gasteiger partial charge in [-0.15, -0.1) is 0 Å². The van der Waals surface area contributed by atoms with E-state index < -0.39 is 0 Å². The second-order valence-corrected chi connectivity index (χ2v) is 7.58. The lowest BCUT2D eigenvalue weighted by Gasteiger charge is -2.32. The molecule has 1 aliphatic heterocycles. The van der Waals surface area contributed by atoms with Crippen LogP contribution in [0.2, 0.25) is 0 Å². The lowest BCUT2D eigenvalue weighted by molar-refractivity contribution is -0.136. The maximum Gasteiger partial charge on any atom is 0.248 e. The van der Waals surface area contributed by atoms with E-state index in [9.17, 15) is 9.59 Å². The summed E-state index contributed by atoms with van der Waals surface area (Å²) in [5, 5.41) is 0.598. The zero-order chi connectivity index (χ0) is 21.1. The molecule has 0 saturated carbocycles. The van der Waals surface area contributed by atoms with Crippen molar-refractivity contribution in [2.75, 3.05) is 40.7 Å². The third kappa shape index (κ3) is 4.16. The van der Waals surface area contributed by atoms with Gasteiger partial charge in [-0.25, -0.2) is 0 Å². The van der Waals surface area contributed by atoms with Gasteiger partial charge in [0.2, 0.25) is 5.91 Å². The summed E-state index contributed by atoms with van der Waals surface area (Å²) in [4.78, 5) is 27.0. The SMILES string of the molecule is COCOc1cc(C)c2c(=O)c(C)c(C3CCN(C(=O)COC)CC3)oc2c1C. The molecular formula is C22H29NO6. The Bertz CT molecular complexity index is 956. The van der Waals surface area contributed by atoms with Crippen LogP contribution in [0.5, 0.6) is 5.75 Å². The summed E-state index contributed by atoms with van der Waals surface area (Å²) in [5.41, 5.74) is 2.82. The fourth-order valence-electron chi connectivity index (χ4n) is 4.02. The average Bonchev–Trinajstić information content (AvgIpc) is 2.71. The maximum absolute atomic E-state index is 13.1. The third-order valence-corrected chi connectivity index (χ3v) is 5.65. The average molecular weight is 403 g/mol. The zero-order valence-corrected chi connectivity index (χ0v) is 17.8. The van der Waals surface area contributed by atoms with Crippen LogP contribution < -0.4 is 10.2 Å². The predicted molar refractivity (Wildman–Crippen MR) is 110 cm³/mol. The van der Waals surface area contributed by atoms with Crippen LogP contribution in [0, 0.1) is 20.8 Å². The number of nitrogens with zero attached hydrogens (tertiary/aromatic N) is 1. The van der Waals surface area contributed by atoms with Crippen molar-refractivity contribution in [2.45, 2.75) is 39.5 Å².